The summed E-state index contributed by atoms with van der Waals surface area (Å²) in [6, 6.07) is 7.85. The zero-order chi connectivity index (χ0) is 15.1. The maximum absolute atomic E-state index is 12.6. The second-order valence-electron chi connectivity index (χ2n) is 5.40. The zero-order valence-electron chi connectivity index (χ0n) is 12.7. The van der Waals surface area contributed by atoms with Crippen LogP contribution in [0.25, 0.3) is 0 Å². The maximum atomic E-state index is 12.6. The van der Waals surface area contributed by atoms with Crippen molar-refractivity contribution >= 4 is 5.91 Å². The van der Waals surface area contributed by atoms with Crippen molar-refractivity contribution < 1.29 is 9.53 Å². The first-order valence-corrected chi connectivity index (χ1v) is 7.48. The first-order chi connectivity index (χ1) is 10.2. The summed E-state index contributed by atoms with van der Waals surface area (Å²) in [6.45, 7) is 6.77. The van der Waals surface area contributed by atoms with E-state index in [1.165, 1.54) is 0 Å². The van der Waals surface area contributed by atoms with Crippen molar-refractivity contribution in [1.82, 2.24) is 10.2 Å². The molecule has 1 unspecified atom stereocenters. The third-order valence-corrected chi connectivity index (χ3v) is 3.84. The zero-order valence-corrected chi connectivity index (χ0v) is 12.7. The third kappa shape index (κ3) is 4.33. The molecule has 1 heterocycles. The highest BCUT2D eigenvalue weighted by atomic mass is 16.5. The van der Waals surface area contributed by atoms with Crippen LogP contribution in [0.3, 0.4) is 0 Å². The van der Waals surface area contributed by atoms with Crippen LogP contribution in [0.1, 0.15) is 18.4 Å². The number of carbonyl (C=O) groups excluding carboxylic acids is 1. The van der Waals surface area contributed by atoms with Crippen molar-refractivity contribution in [3.8, 4) is 5.75 Å². The molecule has 0 radical (unpaired) electrons. The van der Waals surface area contributed by atoms with E-state index in [2.05, 4.69) is 11.9 Å². The second kappa shape index (κ2) is 7.84. The highest BCUT2D eigenvalue weighted by Gasteiger charge is 2.25. The number of rotatable bonds is 6. The number of methoxy groups -OCH3 is 1. The van der Waals surface area contributed by atoms with Crippen molar-refractivity contribution in [3.63, 3.8) is 0 Å². The van der Waals surface area contributed by atoms with E-state index in [9.17, 15) is 4.79 Å². The number of piperidine rings is 1. The summed E-state index contributed by atoms with van der Waals surface area (Å²) in [4.78, 5) is 14.5. The van der Waals surface area contributed by atoms with Gasteiger partial charge in [-0.3, -0.25) is 4.79 Å². The van der Waals surface area contributed by atoms with Crippen molar-refractivity contribution in [2.75, 3.05) is 26.7 Å². The molecule has 0 aliphatic carbocycles. The molecule has 1 aliphatic heterocycles. The molecule has 4 heteroatoms. The summed E-state index contributed by atoms with van der Waals surface area (Å²) >= 11 is 0. The fraction of sp³-hybridized carbons (Fsp3) is 0.471. The van der Waals surface area contributed by atoms with Gasteiger partial charge < -0.3 is 15.0 Å². The van der Waals surface area contributed by atoms with Crippen LogP contribution in [0.5, 0.6) is 5.75 Å². The summed E-state index contributed by atoms with van der Waals surface area (Å²) in [6.07, 6.45) is 3.83. The number of carbonyl (C=O) groups is 1. The number of amides is 1. The van der Waals surface area contributed by atoms with Crippen LogP contribution in [0, 0.1) is 5.92 Å². The maximum Gasteiger partial charge on any atom is 0.227 e. The van der Waals surface area contributed by atoms with Gasteiger partial charge in [0.2, 0.25) is 5.91 Å². The van der Waals surface area contributed by atoms with Gasteiger partial charge in [-0.25, -0.2) is 0 Å². The minimum Gasteiger partial charge on any atom is -0.497 e. The molecule has 114 valence electrons. The summed E-state index contributed by atoms with van der Waals surface area (Å²) < 4.78 is 5.16. The topological polar surface area (TPSA) is 41.6 Å². The number of benzene rings is 1. The summed E-state index contributed by atoms with van der Waals surface area (Å²) in [5.41, 5.74) is 1.11. The van der Waals surface area contributed by atoms with E-state index in [-0.39, 0.29) is 11.8 Å². The van der Waals surface area contributed by atoms with E-state index >= 15 is 0 Å². The lowest BCUT2D eigenvalue weighted by Crippen LogP contribution is -2.42. The van der Waals surface area contributed by atoms with Crippen molar-refractivity contribution in [1.29, 1.82) is 0 Å². The van der Waals surface area contributed by atoms with E-state index in [1.807, 2.05) is 29.2 Å². The van der Waals surface area contributed by atoms with Crippen LogP contribution >= 0.6 is 0 Å². The molecule has 1 saturated heterocycles. The van der Waals surface area contributed by atoms with E-state index in [0.717, 1.165) is 37.2 Å². The summed E-state index contributed by atoms with van der Waals surface area (Å²) in [5, 5.41) is 3.30. The molecule has 0 saturated carbocycles. The van der Waals surface area contributed by atoms with Crippen LogP contribution in [-0.4, -0.2) is 37.6 Å². The van der Waals surface area contributed by atoms with Gasteiger partial charge in [0.15, 0.2) is 0 Å². The molecule has 1 fully saturated rings. The normalized spacial score (nSPS) is 18.0. The molecule has 21 heavy (non-hydrogen) atoms. The molecule has 1 amide bonds. The lowest BCUT2D eigenvalue weighted by molar-refractivity contribution is -0.136. The van der Waals surface area contributed by atoms with Gasteiger partial charge in [0, 0.05) is 19.6 Å². The fourth-order valence-corrected chi connectivity index (χ4v) is 2.66. The molecule has 1 aromatic rings. The Bertz CT molecular complexity index is 464. The minimum absolute atomic E-state index is 0.0944. The highest BCUT2D eigenvalue weighted by molar-refractivity contribution is 5.79. The molecule has 1 aliphatic rings. The lowest BCUT2D eigenvalue weighted by Gasteiger charge is -2.29. The van der Waals surface area contributed by atoms with Crippen LogP contribution in [0.2, 0.25) is 0 Å². The number of hydrogen-bond acceptors (Lipinski definition) is 3. The number of ether oxygens (including phenoxy) is 1. The van der Waals surface area contributed by atoms with Crippen LogP contribution in [0.4, 0.5) is 0 Å². The van der Waals surface area contributed by atoms with E-state index in [1.54, 1.807) is 13.2 Å². The molecule has 2 rings (SSSR count). The largest absolute Gasteiger partial charge is 0.497 e. The number of nitrogens with one attached hydrogen (secondary N) is 1. The Morgan fingerprint density at radius 3 is 2.81 bits per heavy atom. The Morgan fingerprint density at radius 1 is 1.48 bits per heavy atom. The standard InChI is InChI=1S/C17H24N2O2/c1-3-11-19(17(20)15-5-4-10-18-12-15)13-14-6-8-16(21-2)9-7-14/h3,6-9,15,18H,1,4-5,10-13H2,2H3. The van der Waals surface area contributed by atoms with Gasteiger partial charge in [-0.15, -0.1) is 6.58 Å². The van der Waals surface area contributed by atoms with Crippen molar-refractivity contribution in [3.05, 3.63) is 42.5 Å². The minimum atomic E-state index is 0.0944. The molecule has 0 spiro atoms. The molecule has 1 atom stereocenters. The van der Waals surface area contributed by atoms with Crippen molar-refractivity contribution in [2.45, 2.75) is 19.4 Å². The van der Waals surface area contributed by atoms with Crippen molar-refractivity contribution in [2.24, 2.45) is 5.92 Å². The SMILES string of the molecule is C=CCN(Cc1ccc(OC)cc1)C(=O)C1CCCNC1. The molecule has 0 bridgehead atoms. The highest BCUT2D eigenvalue weighted by Crippen LogP contribution is 2.17. The Hall–Kier alpha value is -1.81. The summed E-state index contributed by atoms with van der Waals surface area (Å²) in [5.74, 6) is 1.15. The van der Waals surface area contributed by atoms with E-state index < -0.39 is 0 Å². The Labute approximate surface area is 126 Å². The average molecular weight is 288 g/mol. The first-order valence-electron chi connectivity index (χ1n) is 7.48. The van der Waals surface area contributed by atoms with Crippen LogP contribution in [0.15, 0.2) is 36.9 Å². The lowest BCUT2D eigenvalue weighted by atomic mass is 9.98. The van der Waals surface area contributed by atoms with E-state index in [4.69, 9.17) is 4.74 Å². The van der Waals surface area contributed by atoms with Crippen LogP contribution < -0.4 is 10.1 Å². The summed E-state index contributed by atoms with van der Waals surface area (Å²) in [7, 11) is 1.65. The number of nitrogens with zero attached hydrogens (tertiary/aromatic N) is 1. The molecular weight excluding hydrogens is 264 g/mol. The molecule has 1 aromatic carbocycles. The van der Waals surface area contributed by atoms with Gasteiger partial charge in [-0.2, -0.15) is 0 Å². The fourth-order valence-electron chi connectivity index (χ4n) is 2.66. The van der Waals surface area contributed by atoms with E-state index in [0.29, 0.717) is 13.1 Å². The Morgan fingerprint density at radius 2 is 2.24 bits per heavy atom. The van der Waals surface area contributed by atoms with Gasteiger partial charge in [0.1, 0.15) is 5.75 Å². The molecule has 4 nitrogen and oxygen atoms in total. The van der Waals surface area contributed by atoms with Gasteiger partial charge in [-0.05, 0) is 37.1 Å². The average Bonchev–Trinajstić information content (AvgIpc) is 2.55. The predicted molar refractivity (Wildman–Crippen MR) is 84.2 cm³/mol. The van der Waals surface area contributed by atoms with Gasteiger partial charge in [0.25, 0.3) is 0 Å². The van der Waals surface area contributed by atoms with Gasteiger partial charge >= 0.3 is 0 Å². The molecule has 1 N–H and O–H groups in total. The Kier molecular flexibility index (Phi) is 5.81. The molecule has 0 aromatic heterocycles. The number of hydrogen-bond donors (Lipinski definition) is 1. The Balaban J connectivity index is 2.02. The van der Waals surface area contributed by atoms with Gasteiger partial charge in [0.05, 0.1) is 13.0 Å². The molecular formula is C17H24N2O2. The van der Waals surface area contributed by atoms with Crippen LogP contribution in [-0.2, 0) is 11.3 Å². The predicted octanol–water partition coefficient (Wildman–Crippen LogP) is 2.21. The second-order valence-corrected chi connectivity index (χ2v) is 5.40. The monoisotopic (exact) mass is 288 g/mol. The third-order valence-electron chi connectivity index (χ3n) is 3.84. The van der Waals surface area contributed by atoms with Gasteiger partial charge in [-0.1, -0.05) is 18.2 Å². The smallest absolute Gasteiger partial charge is 0.227 e. The quantitative estimate of drug-likeness (QED) is 0.816. The first kappa shape index (κ1) is 15.6.